The van der Waals surface area contributed by atoms with E-state index in [4.69, 9.17) is 4.74 Å². The summed E-state index contributed by atoms with van der Waals surface area (Å²) >= 11 is 0. The summed E-state index contributed by atoms with van der Waals surface area (Å²) in [6.45, 7) is 13.1. The zero-order chi connectivity index (χ0) is 15.2. The van der Waals surface area contributed by atoms with E-state index in [1.807, 2.05) is 13.0 Å². The van der Waals surface area contributed by atoms with Crippen LogP contribution in [-0.2, 0) is 0 Å². The van der Waals surface area contributed by atoms with Gasteiger partial charge in [-0.05, 0) is 59.2 Å². The maximum atomic E-state index is 5.73. The molecule has 3 heteroatoms. The van der Waals surface area contributed by atoms with Gasteiger partial charge in [-0.3, -0.25) is 0 Å². The van der Waals surface area contributed by atoms with E-state index in [0.29, 0.717) is 12.1 Å². The highest BCUT2D eigenvalue weighted by Crippen LogP contribution is 2.25. The lowest BCUT2D eigenvalue weighted by Crippen LogP contribution is -2.31. The molecule has 1 aliphatic rings. The fourth-order valence-corrected chi connectivity index (χ4v) is 3.08. The van der Waals surface area contributed by atoms with Crippen LogP contribution in [0.5, 0.6) is 5.75 Å². The van der Waals surface area contributed by atoms with Crippen LogP contribution in [-0.4, -0.2) is 37.2 Å². The first-order chi connectivity index (χ1) is 10.1. The summed E-state index contributed by atoms with van der Waals surface area (Å²) < 4.78 is 5.73. The van der Waals surface area contributed by atoms with Crippen LogP contribution in [0.4, 0.5) is 0 Å². The first kappa shape index (κ1) is 16.3. The Morgan fingerprint density at radius 3 is 2.71 bits per heavy atom. The van der Waals surface area contributed by atoms with Gasteiger partial charge in [-0.2, -0.15) is 0 Å². The van der Waals surface area contributed by atoms with Crippen molar-refractivity contribution in [1.82, 2.24) is 10.2 Å². The highest BCUT2D eigenvalue weighted by Gasteiger charge is 2.24. The van der Waals surface area contributed by atoms with Crippen LogP contribution in [0.3, 0.4) is 0 Å². The van der Waals surface area contributed by atoms with E-state index < -0.39 is 0 Å². The van der Waals surface area contributed by atoms with Gasteiger partial charge in [0, 0.05) is 24.2 Å². The number of rotatable bonds is 7. The summed E-state index contributed by atoms with van der Waals surface area (Å²) in [5.41, 5.74) is 1.26. The number of likely N-dealkylation sites (tertiary alicyclic amines) is 1. The number of ether oxygens (including phenoxy) is 1. The normalized spacial score (nSPS) is 20.9. The molecule has 1 aliphatic heterocycles. The van der Waals surface area contributed by atoms with Gasteiger partial charge in [0.2, 0.25) is 0 Å². The van der Waals surface area contributed by atoms with Gasteiger partial charge in [0.25, 0.3) is 0 Å². The minimum absolute atomic E-state index is 0.334. The van der Waals surface area contributed by atoms with Crippen LogP contribution in [0.25, 0.3) is 0 Å². The molecule has 1 aromatic rings. The third-order valence-electron chi connectivity index (χ3n) is 4.45. The third kappa shape index (κ3) is 4.45. The predicted octanol–water partition coefficient (Wildman–Crippen LogP) is 3.47. The molecule has 0 spiro atoms. The number of para-hydroxylation sites is 1. The molecule has 0 aromatic heterocycles. The maximum absolute atomic E-state index is 5.73. The summed E-state index contributed by atoms with van der Waals surface area (Å²) in [6.07, 6.45) is 1.31. The Morgan fingerprint density at radius 2 is 2.05 bits per heavy atom. The Balaban J connectivity index is 1.86. The smallest absolute Gasteiger partial charge is 0.124 e. The van der Waals surface area contributed by atoms with E-state index in [1.165, 1.54) is 25.1 Å². The Kier molecular flexibility index (Phi) is 6.07. The quantitative estimate of drug-likeness (QED) is 0.832. The zero-order valence-corrected chi connectivity index (χ0v) is 13.9. The molecule has 1 heterocycles. The molecular weight excluding hydrogens is 260 g/mol. The molecule has 2 atom stereocenters. The van der Waals surface area contributed by atoms with Gasteiger partial charge in [-0.25, -0.2) is 0 Å². The number of nitrogens with one attached hydrogen (secondary N) is 1. The fourth-order valence-electron chi connectivity index (χ4n) is 3.08. The van der Waals surface area contributed by atoms with Crippen LogP contribution in [0.15, 0.2) is 24.3 Å². The molecule has 118 valence electrons. The maximum Gasteiger partial charge on any atom is 0.124 e. The lowest BCUT2D eigenvalue weighted by Gasteiger charge is -2.22. The topological polar surface area (TPSA) is 24.5 Å². The van der Waals surface area contributed by atoms with Crippen molar-refractivity contribution in [2.75, 3.05) is 26.2 Å². The van der Waals surface area contributed by atoms with Gasteiger partial charge in [0.15, 0.2) is 0 Å². The predicted molar refractivity (Wildman–Crippen MR) is 88.8 cm³/mol. The largest absolute Gasteiger partial charge is 0.494 e. The summed E-state index contributed by atoms with van der Waals surface area (Å²) in [6, 6.07) is 9.36. The molecule has 1 N–H and O–H groups in total. The molecule has 1 fully saturated rings. The van der Waals surface area contributed by atoms with Crippen LogP contribution >= 0.6 is 0 Å². The SMILES string of the molecule is CCOc1ccccc1C(C)NCC1CCN(C(C)C)C1. The van der Waals surface area contributed by atoms with E-state index in [-0.39, 0.29) is 0 Å². The molecule has 1 saturated heterocycles. The van der Waals surface area contributed by atoms with E-state index >= 15 is 0 Å². The van der Waals surface area contributed by atoms with Gasteiger partial charge in [-0.15, -0.1) is 0 Å². The minimum Gasteiger partial charge on any atom is -0.494 e. The summed E-state index contributed by atoms with van der Waals surface area (Å²) in [7, 11) is 0. The van der Waals surface area contributed by atoms with Gasteiger partial charge < -0.3 is 15.0 Å². The molecule has 0 saturated carbocycles. The second kappa shape index (κ2) is 7.81. The Hall–Kier alpha value is -1.06. The van der Waals surface area contributed by atoms with Crippen molar-refractivity contribution in [2.45, 2.75) is 46.2 Å². The number of hydrogen-bond acceptors (Lipinski definition) is 3. The lowest BCUT2D eigenvalue weighted by molar-refractivity contribution is 0.262. The van der Waals surface area contributed by atoms with Crippen molar-refractivity contribution in [1.29, 1.82) is 0 Å². The van der Waals surface area contributed by atoms with Crippen molar-refractivity contribution >= 4 is 0 Å². The first-order valence-electron chi connectivity index (χ1n) is 8.31. The van der Waals surface area contributed by atoms with E-state index in [9.17, 15) is 0 Å². The van der Waals surface area contributed by atoms with Crippen molar-refractivity contribution in [3.05, 3.63) is 29.8 Å². The molecule has 2 rings (SSSR count). The second-order valence-corrected chi connectivity index (χ2v) is 6.34. The van der Waals surface area contributed by atoms with Gasteiger partial charge in [-0.1, -0.05) is 18.2 Å². The molecule has 0 aliphatic carbocycles. The molecule has 1 aromatic carbocycles. The molecule has 0 bridgehead atoms. The van der Waals surface area contributed by atoms with E-state index in [0.717, 1.165) is 24.8 Å². The molecule has 21 heavy (non-hydrogen) atoms. The number of benzene rings is 1. The van der Waals surface area contributed by atoms with E-state index in [2.05, 4.69) is 49.2 Å². The highest BCUT2D eigenvalue weighted by molar-refractivity contribution is 5.35. The molecule has 3 nitrogen and oxygen atoms in total. The third-order valence-corrected chi connectivity index (χ3v) is 4.45. The minimum atomic E-state index is 0.334. The van der Waals surface area contributed by atoms with Crippen molar-refractivity contribution in [3.8, 4) is 5.75 Å². The lowest BCUT2D eigenvalue weighted by atomic mass is 10.0. The highest BCUT2D eigenvalue weighted by atomic mass is 16.5. The molecule has 0 radical (unpaired) electrons. The van der Waals surface area contributed by atoms with Gasteiger partial charge in [0.1, 0.15) is 5.75 Å². The van der Waals surface area contributed by atoms with Crippen LogP contribution < -0.4 is 10.1 Å². The second-order valence-electron chi connectivity index (χ2n) is 6.34. The molecular formula is C18H30N2O. The standard InChI is InChI=1S/C18H30N2O/c1-5-21-18-9-7-6-8-17(18)15(4)19-12-16-10-11-20(13-16)14(2)3/h6-9,14-16,19H,5,10-13H2,1-4H3. The van der Waals surface area contributed by atoms with Crippen LogP contribution in [0.1, 0.15) is 45.7 Å². The van der Waals surface area contributed by atoms with Crippen molar-refractivity contribution < 1.29 is 4.74 Å². The summed E-state index contributed by atoms with van der Waals surface area (Å²) in [4.78, 5) is 2.57. The van der Waals surface area contributed by atoms with Crippen molar-refractivity contribution in [3.63, 3.8) is 0 Å². The zero-order valence-electron chi connectivity index (χ0n) is 13.9. The monoisotopic (exact) mass is 290 g/mol. The Bertz CT molecular complexity index is 433. The summed E-state index contributed by atoms with van der Waals surface area (Å²) in [5, 5.41) is 3.69. The average Bonchev–Trinajstić information content (AvgIpc) is 2.95. The van der Waals surface area contributed by atoms with Crippen molar-refractivity contribution in [2.24, 2.45) is 5.92 Å². The van der Waals surface area contributed by atoms with E-state index in [1.54, 1.807) is 0 Å². The Labute approximate surface area is 129 Å². The van der Waals surface area contributed by atoms with Gasteiger partial charge >= 0.3 is 0 Å². The van der Waals surface area contributed by atoms with Gasteiger partial charge in [0.05, 0.1) is 6.61 Å². The number of hydrogen-bond donors (Lipinski definition) is 1. The molecule has 0 amide bonds. The van der Waals surface area contributed by atoms with Crippen LogP contribution in [0, 0.1) is 5.92 Å². The fraction of sp³-hybridized carbons (Fsp3) is 0.667. The first-order valence-corrected chi connectivity index (χ1v) is 8.31. The average molecular weight is 290 g/mol. The van der Waals surface area contributed by atoms with Crippen LogP contribution in [0.2, 0.25) is 0 Å². The number of nitrogens with zero attached hydrogens (tertiary/aromatic N) is 1. The molecule has 2 unspecified atom stereocenters. The Morgan fingerprint density at radius 1 is 1.29 bits per heavy atom. The summed E-state index contributed by atoms with van der Waals surface area (Å²) in [5.74, 6) is 1.78.